The molecule has 0 aromatic carbocycles. The molecule has 1 aromatic heterocycles. The molecule has 6 nitrogen and oxygen atoms in total. The van der Waals surface area contributed by atoms with Crippen molar-refractivity contribution >= 4 is 31.8 Å². The molecule has 112 valence electrons. The van der Waals surface area contributed by atoms with Gasteiger partial charge in [-0.15, -0.1) is 0 Å². The fourth-order valence-electron chi connectivity index (χ4n) is 2.02. The van der Waals surface area contributed by atoms with Crippen LogP contribution in [0.4, 0.5) is 5.82 Å². The number of halogens is 1. The maximum atomic E-state index is 12.5. The molecule has 0 saturated carbocycles. The number of rotatable bonds is 5. The Hall–Kier alpha value is -0.700. The lowest BCUT2D eigenvalue weighted by Crippen LogP contribution is -2.39. The Morgan fingerprint density at radius 3 is 2.80 bits per heavy atom. The van der Waals surface area contributed by atoms with Gasteiger partial charge in [0, 0.05) is 36.5 Å². The van der Waals surface area contributed by atoms with Gasteiger partial charge >= 0.3 is 0 Å². The molecule has 1 aromatic rings. The SMILES string of the molecule is CCNc1ncc(Br)cc1S(=O)(=O)NC1CCOCC1. The van der Waals surface area contributed by atoms with E-state index in [-0.39, 0.29) is 10.9 Å². The summed E-state index contributed by atoms with van der Waals surface area (Å²) in [6, 6.07) is 1.48. The third-order valence-electron chi connectivity index (χ3n) is 3.00. The molecule has 0 spiro atoms. The van der Waals surface area contributed by atoms with Gasteiger partial charge in [-0.3, -0.25) is 0 Å². The minimum absolute atomic E-state index is 0.0813. The zero-order valence-corrected chi connectivity index (χ0v) is 13.6. The molecule has 1 saturated heterocycles. The first-order chi connectivity index (χ1) is 9.53. The van der Waals surface area contributed by atoms with Gasteiger partial charge in [0.1, 0.15) is 10.7 Å². The molecular weight excluding hydrogens is 346 g/mol. The van der Waals surface area contributed by atoms with Crippen LogP contribution in [0.5, 0.6) is 0 Å². The fraction of sp³-hybridized carbons (Fsp3) is 0.583. The Balaban J connectivity index is 2.25. The normalized spacial score (nSPS) is 17.1. The first-order valence-corrected chi connectivity index (χ1v) is 8.80. The summed E-state index contributed by atoms with van der Waals surface area (Å²) in [4.78, 5) is 4.29. The minimum atomic E-state index is -3.60. The molecule has 1 aliphatic rings. The van der Waals surface area contributed by atoms with Crippen molar-refractivity contribution in [3.63, 3.8) is 0 Å². The van der Waals surface area contributed by atoms with Crippen molar-refractivity contribution in [2.45, 2.75) is 30.7 Å². The summed E-state index contributed by atoms with van der Waals surface area (Å²) in [6.07, 6.45) is 2.96. The van der Waals surface area contributed by atoms with Crippen molar-refractivity contribution in [1.29, 1.82) is 0 Å². The number of hydrogen-bond acceptors (Lipinski definition) is 5. The maximum absolute atomic E-state index is 12.5. The average molecular weight is 364 g/mol. The van der Waals surface area contributed by atoms with E-state index < -0.39 is 10.0 Å². The Bertz CT molecular complexity index is 559. The van der Waals surface area contributed by atoms with E-state index in [0.717, 1.165) is 0 Å². The highest BCUT2D eigenvalue weighted by atomic mass is 79.9. The van der Waals surface area contributed by atoms with Gasteiger partial charge in [0.25, 0.3) is 0 Å². The Kier molecular flexibility index (Phi) is 5.36. The van der Waals surface area contributed by atoms with Crippen molar-refractivity contribution in [3.05, 3.63) is 16.7 Å². The van der Waals surface area contributed by atoms with E-state index in [1.807, 2.05) is 6.92 Å². The second-order valence-corrected chi connectivity index (χ2v) is 7.14. The maximum Gasteiger partial charge on any atom is 0.244 e. The van der Waals surface area contributed by atoms with Gasteiger partial charge in [-0.2, -0.15) is 0 Å². The van der Waals surface area contributed by atoms with Crippen LogP contribution < -0.4 is 10.0 Å². The second-order valence-electron chi connectivity index (χ2n) is 4.54. The number of nitrogens with one attached hydrogen (secondary N) is 2. The third-order valence-corrected chi connectivity index (χ3v) is 4.96. The molecular formula is C12H18BrN3O3S. The summed E-state index contributed by atoms with van der Waals surface area (Å²) in [5.41, 5.74) is 0. The monoisotopic (exact) mass is 363 g/mol. The van der Waals surface area contributed by atoms with Crippen molar-refractivity contribution < 1.29 is 13.2 Å². The molecule has 0 aliphatic carbocycles. The van der Waals surface area contributed by atoms with Gasteiger partial charge in [0.15, 0.2) is 0 Å². The van der Waals surface area contributed by atoms with Crippen molar-refractivity contribution in [3.8, 4) is 0 Å². The van der Waals surface area contributed by atoms with Gasteiger partial charge in [-0.25, -0.2) is 18.1 Å². The number of ether oxygens (including phenoxy) is 1. The van der Waals surface area contributed by atoms with Crippen LogP contribution in [0, 0.1) is 0 Å². The number of pyridine rings is 1. The molecule has 2 heterocycles. The van der Waals surface area contributed by atoms with Crippen LogP contribution in [0.2, 0.25) is 0 Å². The van der Waals surface area contributed by atoms with Crippen LogP contribution >= 0.6 is 15.9 Å². The Morgan fingerprint density at radius 2 is 2.15 bits per heavy atom. The first kappa shape index (κ1) is 15.7. The zero-order chi connectivity index (χ0) is 14.6. The van der Waals surface area contributed by atoms with Gasteiger partial charge in [0.05, 0.1) is 0 Å². The lowest BCUT2D eigenvalue weighted by molar-refractivity contribution is 0.0832. The molecule has 8 heteroatoms. The molecule has 0 unspecified atom stereocenters. The van der Waals surface area contributed by atoms with E-state index in [4.69, 9.17) is 4.74 Å². The van der Waals surface area contributed by atoms with E-state index in [1.165, 1.54) is 0 Å². The van der Waals surface area contributed by atoms with Gasteiger partial charge in [-0.05, 0) is 41.8 Å². The summed E-state index contributed by atoms with van der Waals surface area (Å²) in [5.74, 6) is 0.371. The summed E-state index contributed by atoms with van der Waals surface area (Å²) in [7, 11) is -3.60. The van der Waals surface area contributed by atoms with Crippen LogP contribution in [0.1, 0.15) is 19.8 Å². The number of aromatic nitrogens is 1. The highest BCUT2D eigenvalue weighted by Crippen LogP contribution is 2.23. The average Bonchev–Trinajstić information content (AvgIpc) is 2.41. The first-order valence-electron chi connectivity index (χ1n) is 6.52. The van der Waals surface area contributed by atoms with Crippen LogP contribution in [0.3, 0.4) is 0 Å². The van der Waals surface area contributed by atoms with Crippen LogP contribution in [-0.2, 0) is 14.8 Å². The number of nitrogens with zero attached hydrogens (tertiary/aromatic N) is 1. The summed E-state index contributed by atoms with van der Waals surface area (Å²) < 4.78 is 33.6. The highest BCUT2D eigenvalue weighted by molar-refractivity contribution is 9.10. The molecule has 0 atom stereocenters. The predicted octanol–water partition coefficient (Wildman–Crippen LogP) is 1.73. The minimum Gasteiger partial charge on any atom is -0.381 e. The largest absolute Gasteiger partial charge is 0.381 e. The van der Waals surface area contributed by atoms with Crippen LogP contribution in [0.25, 0.3) is 0 Å². The quantitative estimate of drug-likeness (QED) is 0.832. The molecule has 0 bridgehead atoms. The molecule has 20 heavy (non-hydrogen) atoms. The molecule has 0 amide bonds. The van der Waals surface area contributed by atoms with Crippen molar-refractivity contribution in [2.75, 3.05) is 25.1 Å². The lowest BCUT2D eigenvalue weighted by Gasteiger charge is -2.23. The molecule has 1 aliphatic heterocycles. The molecule has 0 radical (unpaired) electrons. The molecule has 2 rings (SSSR count). The molecule has 1 fully saturated rings. The Morgan fingerprint density at radius 1 is 1.45 bits per heavy atom. The standard InChI is InChI=1S/C12H18BrN3O3S/c1-2-14-12-11(7-9(13)8-15-12)20(17,18)16-10-3-5-19-6-4-10/h7-8,10,16H,2-6H2,1H3,(H,14,15). The van der Waals surface area contributed by atoms with E-state index in [9.17, 15) is 8.42 Å². The third kappa shape index (κ3) is 3.91. The lowest BCUT2D eigenvalue weighted by atomic mass is 10.1. The Labute approximate surface area is 127 Å². The predicted molar refractivity (Wildman–Crippen MR) is 80.3 cm³/mol. The highest BCUT2D eigenvalue weighted by Gasteiger charge is 2.25. The van der Waals surface area contributed by atoms with E-state index in [0.29, 0.717) is 42.9 Å². The topological polar surface area (TPSA) is 80.3 Å². The smallest absolute Gasteiger partial charge is 0.244 e. The van der Waals surface area contributed by atoms with Crippen LogP contribution in [-0.4, -0.2) is 39.2 Å². The fourth-order valence-corrected chi connectivity index (χ4v) is 3.97. The van der Waals surface area contributed by atoms with E-state index >= 15 is 0 Å². The van der Waals surface area contributed by atoms with Crippen LogP contribution in [0.15, 0.2) is 21.6 Å². The van der Waals surface area contributed by atoms with Crippen molar-refractivity contribution in [2.24, 2.45) is 0 Å². The number of anilines is 1. The molecule has 2 N–H and O–H groups in total. The van der Waals surface area contributed by atoms with Gasteiger partial charge in [0.2, 0.25) is 10.0 Å². The zero-order valence-electron chi connectivity index (χ0n) is 11.2. The number of sulfonamides is 1. The summed E-state index contributed by atoms with van der Waals surface area (Å²) >= 11 is 3.26. The summed E-state index contributed by atoms with van der Waals surface area (Å²) in [6.45, 7) is 3.68. The van der Waals surface area contributed by atoms with E-state index in [2.05, 4.69) is 31.0 Å². The van der Waals surface area contributed by atoms with Gasteiger partial charge in [-0.1, -0.05) is 0 Å². The van der Waals surface area contributed by atoms with Gasteiger partial charge < -0.3 is 10.1 Å². The summed E-state index contributed by atoms with van der Waals surface area (Å²) in [5, 5.41) is 2.97. The second kappa shape index (κ2) is 6.84. The number of hydrogen-bond donors (Lipinski definition) is 2. The van der Waals surface area contributed by atoms with Crippen molar-refractivity contribution in [1.82, 2.24) is 9.71 Å². The van der Waals surface area contributed by atoms with E-state index in [1.54, 1.807) is 12.3 Å².